The van der Waals surface area contributed by atoms with Crippen molar-refractivity contribution in [1.82, 2.24) is 9.97 Å². The minimum absolute atomic E-state index is 0.541. The number of hydrogen-bond donors (Lipinski definition) is 2. The van der Waals surface area contributed by atoms with Gasteiger partial charge in [0.2, 0.25) is 5.95 Å². The zero-order valence-corrected chi connectivity index (χ0v) is 13.1. The summed E-state index contributed by atoms with van der Waals surface area (Å²) < 4.78 is 0. The van der Waals surface area contributed by atoms with E-state index in [0.29, 0.717) is 6.04 Å². The average Bonchev–Trinajstić information content (AvgIpc) is 2.45. The number of anilines is 2. The maximum absolute atomic E-state index is 4.57. The molecule has 0 amide bonds. The van der Waals surface area contributed by atoms with Crippen LogP contribution in [0.1, 0.15) is 58.1 Å². The Bertz CT molecular complexity index is 413. The lowest BCUT2D eigenvalue weighted by Gasteiger charge is -2.30. The van der Waals surface area contributed by atoms with Gasteiger partial charge in [-0.3, -0.25) is 0 Å². The second-order valence-corrected chi connectivity index (χ2v) is 5.81. The molecule has 4 heteroatoms. The molecule has 1 aliphatic carbocycles. The van der Waals surface area contributed by atoms with Crippen LogP contribution in [-0.2, 0) is 0 Å². The molecule has 0 saturated heterocycles. The first-order valence-electron chi connectivity index (χ1n) is 8.09. The van der Waals surface area contributed by atoms with E-state index in [0.717, 1.165) is 36.3 Å². The first-order chi connectivity index (χ1) is 9.72. The maximum atomic E-state index is 4.57. The normalized spacial score (nSPS) is 17.8. The predicted molar refractivity (Wildman–Crippen MR) is 85.2 cm³/mol. The largest absolute Gasteiger partial charge is 0.367 e. The minimum atomic E-state index is 0.541. The van der Waals surface area contributed by atoms with E-state index < -0.39 is 0 Å². The summed E-state index contributed by atoms with van der Waals surface area (Å²) in [5, 5.41) is 6.84. The van der Waals surface area contributed by atoms with Crippen molar-refractivity contribution in [3.8, 4) is 0 Å². The van der Waals surface area contributed by atoms with Crippen LogP contribution in [0.25, 0.3) is 0 Å². The summed E-state index contributed by atoms with van der Waals surface area (Å²) in [4.78, 5) is 8.98. The van der Waals surface area contributed by atoms with Crippen molar-refractivity contribution < 1.29 is 0 Å². The SMILES string of the molecule is CCNc1nc(C)cc(NC(CC)C2CCCCC2)n1. The summed E-state index contributed by atoms with van der Waals surface area (Å²) >= 11 is 0. The zero-order valence-electron chi connectivity index (χ0n) is 13.1. The lowest BCUT2D eigenvalue weighted by molar-refractivity contribution is 0.312. The Hall–Kier alpha value is -1.32. The molecule has 0 radical (unpaired) electrons. The van der Waals surface area contributed by atoms with Crippen LogP contribution in [0.3, 0.4) is 0 Å². The molecule has 20 heavy (non-hydrogen) atoms. The average molecular weight is 276 g/mol. The Morgan fingerprint density at radius 2 is 1.95 bits per heavy atom. The third-order valence-corrected chi connectivity index (χ3v) is 4.18. The van der Waals surface area contributed by atoms with Gasteiger partial charge in [-0.15, -0.1) is 0 Å². The summed E-state index contributed by atoms with van der Waals surface area (Å²) in [5.41, 5.74) is 1.01. The summed E-state index contributed by atoms with van der Waals surface area (Å²) in [7, 11) is 0. The number of nitrogens with zero attached hydrogens (tertiary/aromatic N) is 2. The standard InChI is InChI=1S/C16H28N4/c1-4-14(13-9-7-6-8-10-13)19-15-11-12(3)18-16(20-15)17-5-2/h11,13-14H,4-10H2,1-3H3,(H2,17,18,19,20). The third-order valence-electron chi connectivity index (χ3n) is 4.18. The maximum Gasteiger partial charge on any atom is 0.224 e. The third kappa shape index (κ3) is 4.09. The second-order valence-electron chi connectivity index (χ2n) is 5.81. The molecular weight excluding hydrogens is 248 g/mol. The highest BCUT2D eigenvalue weighted by Gasteiger charge is 2.22. The van der Waals surface area contributed by atoms with Crippen LogP contribution in [0.4, 0.5) is 11.8 Å². The number of hydrogen-bond acceptors (Lipinski definition) is 4. The molecule has 1 unspecified atom stereocenters. The van der Waals surface area contributed by atoms with Crippen molar-refractivity contribution in [2.45, 2.75) is 65.3 Å². The summed E-state index contributed by atoms with van der Waals surface area (Å²) in [6, 6.07) is 2.59. The molecule has 4 nitrogen and oxygen atoms in total. The van der Waals surface area contributed by atoms with Crippen molar-refractivity contribution in [3.63, 3.8) is 0 Å². The number of nitrogens with one attached hydrogen (secondary N) is 2. The lowest BCUT2D eigenvalue weighted by atomic mass is 9.83. The van der Waals surface area contributed by atoms with E-state index >= 15 is 0 Å². The van der Waals surface area contributed by atoms with Crippen LogP contribution >= 0.6 is 0 Å². The Balaban J connectivity index is 2.06. The van der Waals surface area contributed by atoms with Gasteiger partial charge in [0.25, 0.3) is 0 Å². The molecule has 1 atom stereocenters. The lowest BCUT2D eigenvalue weighted by Crippen LogP contribution is -2.30. The van der Waals surface area contributed by atoms with Crippen molar-refractivity contribution in [2.24, 2.45) is 5.92 Å². The molecule has 1 aliphatic rings. The molecule has 1 aromatic heterocycles. The van der Waals surface area contributed by atoms with Crippen molar-refractivity contribution in [3.05, 3.63) is 11.8 Å². The molecule has 0 spiro atoms. The van der Waals surface area contributed by atoms with Crippen LogP contribution in [0, 0.1) is 12.8 Å². The quantitative estimate of drug-likeness (QED) is 0.825. The van der Waals surface area contributed by atoms with Gasteiger partial charge in [-0.1, -0.05) is 26.2 Å². The van der Waals surface area contributed by atoms with Gasteiger partial charge in [0.15, 0.2) is 0 Å². The van der Waals surface area contributed by atoms with E-state index in [4.69, 9.17) is 0 Å². The number of aromatic nitrogens is 2. The van der Waals surface area contributed by atoms with Crippen LogP contribution in [-0.4, -0.2) is 22.6 Å². The van der Waals surface area contributed by atoms with Crippen LogP contribution in [0.2, 0.25) is 0 Å². The van der Waals surface area contributed by atoms with Gasteiger partial charge in [0.1, 0.15) is 5.82 Å². The molecule has 0 aliphatic heterocycles. The molecule has 112 valence electrons. The van der Waals surface area contributed by atoms with Crippen LogP contribution in [0.15, 0.2) is 6.07 Å². The Morgan fingerprint density at radius 1 is 1.20 bits per heavy atom. The minimum Gasteiger partial charge on any atom is -0.367 e. The van der Waals surface area contributed by atoms with Gasteiger partial charge in [-0.2, -0.15) is 4.98 Å². The van der Waals surface area contributed by atoms with E-state index in [1.165, 1.54) is 32.1 Å². The molecule has 0 bridgehead atoms. The molecule has 1 fully saturated rings. The topological polar surface area (TPSA) is 49.8 Å². The molecule has 1 heterocycles. The number of rotatable bonds is 6. The molecule has 1 saturated carbocycles. The zero-order chi connectivity index (χ0) is 14.4. The highest BCUT2D eigenvalue weighted by Crippen LogP contribution is 2.29. The Morgan fingerprint density at radius 3 is 2.60 bits per heavy atom. The van der Waals surface area contributed by atoms with Crippen molar-refractivity contribution >= 4 is 11.8 Å². The predicted octanol–water partition coefficient (Wildman–Crippen LogP) is 3.99. The first kappa shape index (κ1) is 15.1. The van der Waals surface area contributed by atoms with Crippen molar-refractivity contribution in [1.29, 1.82) is 0 Å². The van der Waals surface area contributed by atoms with E-state index in [1.807, 2.05) is 13.0 Å². The highest BCUT2D eigenvalue weighted by atomic mass is 15.1. The molecule has 1 aromatic rings. The Kier molecular flexibility index (Phi) is 5.62. The van der Waals surface area contributed by atoms with E-state index in [-0.39, 0.29) is 0 Å². The molecule has 2 N–H and O–H groups in total. The van der Waals surface area contributed by atoms with E-state index in [1.54, 1.807) is 0 Å². The number of aryl methyl sites for hydroxylation is 1. The summed E-state index contributed by atoms with van der Waals surface area (Å²) in [6.07, 6.45) is 8.04. The van der Waals surface area contributed by atoms with Gasteiger partial charge in [-0.05, 0) is 39.0 Å². The second kappa shape index (κ2) is 7.46. The highest BCUT2D eigenvalue weighted by molar-refractivity contribution is 5.43. The first-order valence-corrected chi connectivity index (χ1v) is 8.09. The summed E-state index contributed by atoms with van der Waals surface area (Å²) in [5.74, 6) is 2.49. The fraction of sp³-hybridized carbons (Fsp3) is 0.750. The molecule has 2 rings (SSSR count). The van der Waals surface area contributed by atoms with Gasteiger partial charge in [0, 0.05) is 24.3 Å². The van der Waals surface area contributed by atoms with Gasteiger partial charge in [-0.25, -0.2) is 4.98 Å². The fourth-order valence-corrected chi connectivity index (χ4v) is 3.16. The van der Waals surface area contributed by atoms with E-state index in [2.05, 4.69) is 34.4 Å². The van der Waals surface area contributed by atoms with Gasteiger partial charge >= 0.3 is 0 Å². The van der Waals surface area contributed by atoms with Gasteiger partial charge in [0.05, 0.1) is 0 Å². The van der Waals surface area contributed by atoms with Crippen molar-refractivity contribution in [2.75, 3.05) is 17.2 Å². The van der Waals surface area contributed by atoms with Crippen LogP contribution < -0.4 is 10.6 Å². The van der Waals surface area contributed by atoms with Gasteiger partial charge < -0.3 is 10.6 Å². The van der Waals surface area contributed by atoms with E-state index in [9.17, 15) is 0 Å². The monoisotopic (exact) mass is 276 g/mol. The van der Waals surface area contributed by atoms with Crippen LogP contribution in [0.5, 0.6) is 0 Å². The smallest absolute Gasteiger partial charge is 0.224 e. The Labute approximate surface area is 122 Å². The summed E-state index contributed by atoms with van der Waals surface area (Å²) in [6.45, 7) is 7.21. The molecular formula is C16H28N4. The molecule has 0 aromatic carbocycles. The fourth-order valence-electron chi connectivity index (χ4n) is 3.16.